The molecular formula is C18H14ClN8Si. The fraction of sp³-hybridized carbons (Fsp3) is 0.0556. The van der Waals surface area contributed by atoms with Crippen molar-refractivity contribution in [1.82, 2.24) is 24.6 Å². The van der Waals surface area contributed by atoms with Crippen LogP contribution in [0.5, 0.6) is 0 Å². The molecule has 1 radical (unpaired) electrons. The highest BCUT2D eigenvalue weighted by atomic mass is 35.5. The van der Waals surface area contributed by atoms with Crippen LogP contribution in [-0.2, 0) is 0 Å². The van der Waals surface area contributed by atoms with Crippen LogP contribution in [0.2, 0.25) is 11.7 Å². The van der Waals surface area contributed by atoms with Gasteiger partial charge in [0.15, 0.2) is 10.8 Å². The number of nitriles is 1. The summed E-state index contributed by atoms with van der Waals surface area (Å²) in [5.41, 5.74) is 8.42. The van der Waals surface area contributed by atoms with E-state index >= 15 is 0 Å². The fourth-order valence-electron chi connectivity index (χ4n) is 2.80. The van der Waals surface area contributed by atoms with Crippen LogP contribution in [0.15, 0.2) is 48.8 Å². The smallest absolute Gasteiger partial charge is 0.221 e. The molecule has 137 valence electrons. The molecule has 4 rings (SSSR count). The summed E-state index contributed by atoms with van der Waals surface area (Å²) in [6.07, 6.45) is 2.98. The molecule has 8 nitrogen and oxygen atoms in total. The maximum absolute atomic E-state index is 9.33. The van der Waals surface area contributed by atoms with Gasteiger partial charge in [0, 0.05) is 5.56 Å². The molecule has 0 aliphatic carbocycles. The largest absolute Gasteiger partial charge is 0.391 e. The van der Waals surface area contributed by atoms with Crippen LogP contribution in [0.3, 0.4) is 0 Å². The van der Waals surface area contributed by atoms with Crippen LogP contribution in [0, 0.1) is 11.3 Å². The molecule has 0 unspecified atom stereocenters. The number of aromatic nitrogens is 5. The van der Waals surface area contributed by atoms with E-state index < -0.39 is 8.96 Å². The van der Waals surface area contributed by atoms with Gasteiger partial charge in [0.25, 0.3) is 0 Å². The van der Waals surface area contributed by atoms with Gasteiger partial charge in [0.05, 0.1) is 18.1 Å². The number of benzene rings is 1. The maximum atomic E-state index is 9.33. The topological polar surface area (TPSA) is 118 Å². The van der Waals surface area contributed by atoms with Crippen molar-refractivity contribution in [3.8, 4) is 17.3 Å². The van der Waals surface area contributed by atoms with E-state index in [0.717, 1.165) is 16.4 Å². The molecule has 0 aliphatic rings. The number of nitrogens with zero attached hydrogens (tertiary/aromatic N) is 6. The van der Waals surface area contributed by atoms with Gasteiger partial charge >= 0.3 is 0 Å². The van der Waals surface area contributed by atoms with E-state index in [1.807, 2.05) is 36.4 Å². The minimum absolute atomic E-state index is 0.105. The molecule has 28 heavy (non-hydrogen) atoms. The first-order chi connectivity index (χ1) is 13.6. The predicted molar refractivity (Wildman–Crippen MR) is 109 cm³/mol. The standard InChI is InChI=1S/C18H14ClN8Si/c1-28(26-17-12(8-20)9-23-18(21)24-17)13-7-15-22-10-14(19)27(15)25-16(13)11-5-3-2-4-6-11/h2-7,9-10H,1H3,(H3,21,23,24,26). The van der Waals surface area contributed by atoms with Gasteiger partial charge in [-0.05, 0) is 17.8 Å². The number of nitrogens with two attached hydrogens (primary N) is 1. The van der Waals surface area contributed by atoms with E-state index in [-0.39, 0.29) is 5.95 Å². The number of imidazole rings is 1. The Balaban J connectivity index is 1.83. The average Bonchev–Trinajstić information content (AvgIpc) is 3.08. The van der Waals surface area contributed by atoms with Gasteiger partial charge < -0.3 is 10.7 Å². The first-order valence-corrected chi connectivity index (χ1v) is 10.7. The number of hydrogen-bond donors (Lipinski definition) is 2. The Morgan fingerprint density at radius 3 is 2.75 bits per heavy atom. The first kappa shape index (κ1) is 17.9. The lowest BCUT2D eigenvalue weighted by molar-refractivity contribution is 0.947. The molecule has 1 aromatic carbocycles. The Morgan fingerprint density at radius 2 is 2.00 bits per heavy atom. The summed E-state index contributed by atoms with van der Waals surface area (Å²) < 4.78 is 1.60. The number of nitrogens with one attached hydrogen (secondary N) is 1. The lowest BCUT2D eigenvalue weighted by Gasteiger charge is -2.17. The van der Waals surface area contributed by atoms with E-state index in [0.29, 0.717) is 22.2 Å². The number of anilines is 2. The molecule has 3 heterocycles. The summed E-state index contributed by atoms with van der Waals surface area (Å²) in [7, 11) is -1.43. The third-order valence-corrected chi connectivity index (χ3v) is 6.19. The number of nitrogen functional groups attached to an aromatic ring is 1. The van der Waals surface area contributed by atoms with Gasteiger partial charge in [-0.2, -0.15) is 15.3 Å². The zero-order valence-corrected chi connectivity index (χ0v) is 16.5. The van der Waals surface area contributed by atoms with Gasteiger partial charge in [-0.3, -0.25) is 0 Å². The zero-order chi connectivity index (χ0) is 19.7. The van der Waals surface area contributed by atoms with E-state index in [1.54, 1.807) is 10.7 Å². The van der Waals surface area contributed by atoms with E-state index in [1.165, 1.54) is 6.20 Å². The van der Waals surface area contributed by atoms with Crippen molar-refractivity contribution in [2.75, 3.05) is 10.7 Å². The second-order valence-electron chi connectivity index (χ2n) is 5.98. The lowest BCUT2D eigenvalue weighted by Crippen LogP contribution is -2.38. The van der Waals surface area contributed by atoms with Crippen molar-refractivity contribution in [2.45, 2.75) is 6.55 Å². The second-order valence-corrected chi connectivity index (χ2v) is 8.40. The third kappa shape index (κ3) is 3.26. The minimum atomic E-state index is -1.43. The highest BCUT2D eigenvalue weighted by Crippen LogP contribution is 2.19. The molecule has 0 saturated heterocycles. The quantitative estimate of drug-likeness (QED) is 0.500. The summed E-state index contributed by atoms with van der Waals surface area (Å²) in [5.74, 6) is 0.514. The summed E-state index contributed by atoms with van der Waals surface area (Å²) >= 11 is 6.21. The average molecular weight is 406 g/mol. The monoisotopic (exact) mass is 405 g/mol. The van der Waals surface area contributed by atoms with Gasteiger partial charge in [-0.1, -0.05) is 41.9 Å². The van der Waals surface area contributed by atoms with Crippen molar-refractivity contribution >= 4 is 43.2 Å². The molecule has 0 atom stereocenters. The van der Waals surface area contributed by atoms with Crippen molar-refractivity contribution in [2.24, 2.45) is 0 Å². The minimum Gasteiger partial charge on any atom is -0.391 e. The SMILES string of the molecule is C[Si](Nc1nc(N)ncc1C#N)c1cc2ncc(Cl)n2nc1-c1ccccc1. The molecular weight excluding hydrogens is 392 g/mol. The molecule has 0 bridgehead atoms. The Bertz CT molecular complexity index is 1200. The Kier molecular flexibility index (Phi) is 4.65. The van der Waals surface area contributed by atoms with Crippen molar-refractivity contribution in [3.63, 3.8) is 0 Å². The maximum Gasteiger partial charge on any atom is 0.221 e. The number of fused-ring (bicyclic) bond motifs is 1. The van der Waals surface area contributed by atoms with E-state index in [9.17, 15) is 5.26 Å². The molecule has 3 aromatic heterocycles. The Morgan fingerprint density at radius 1 is 1.21 bits per heavy atom. The molecule has 0 saturated carbocycles. The number of halogens is 1. The Labute approximate surface area is 167 Å². The summed E-state index contributed by atoms with van der Waals surface area (Å²) in [4.78, 5) is 15.7. The normalized spacial score (nSPS) is 10.9. The number of rotatable bonds is 4. The van der Waals surface area contributed by atoms with E-state index in [2.05, 4.69) is 32.6 Å². The van der Waals surface area contributed by atoms with Crippen LogP contribution in [0.25, 0.3) is 16.9 Å². The lowest BCUT2D eigenvalue weighted by atomic mass is 10.1. The van der Waals surface area contributed by atoms with Crippen LogP contribution in [-0.4, -0.2) is 33.5 Å². The van der Waals surface area contributed by atoms with Crippen molar-refractivity contribution in [1.29, 1.82) is 5.26 Å². The van der Waals surface area contributed by atoms with Gasteiger partial charge in [0.1, 0.15) is 17.5 Å². The molecule has 10 heteroatoms. The van der Waals surface area contributed by atoms with Gasteiger partial charge in [-0.15, -0.1) is 0 Å². The molecule has 3 N–H and O–H groups in total. The fourth-order valence-corrected chi connectivity index (χ4v) is 4.55. The van der Waals surface area contributed by atoms with Gasteiger partial charge in [-0.25, -0.2) is 14.5 Å². The summed E-state index contributed by atoms with van der Waals surface area (Å²) in [6, 6.07) is 13.9. The predicted octanol–water partition coefficient (Wildman–Crippen LogP) is 2.23. The molecule has 0 spiro atoms. The van der Waals surface area contributed by atoms with E-state index in [4.69, 9.17) is 22.4 Å². The summed E-state index contributed by atoms with van der Waals surface area (Å²) in [5, 5.41) is 15.5. The third-order valence-electron chi connectivity index (χ3n) is 4.14. The molecule has 0 fully saturated rings. The number of hydrogen-bond acceptors (Lipinski definition) is 7. The highest BCUT2D eigenvalue weighted by molar-refractivity contribution is 6.76. The first-order valence-electron chi connectivity index (χ1n) is 8.30. The van der Waals surface area contributed by atoms with Crippen LogP contribution in [0.1, 0.15) is 5.56 Å². The molecule has 0 amide bonds. The van der Waals surface area contributed by atoms with Crippen LogP contribution >= 0.6 is 11.6 Å². The highest BCUT2D eigenvalue weighted by Gasteiger charge is 2.21. The second kappa shape index (κ2) is 7.26. The van der Waals surface area contributed by atoms with Gasteiger partial charge in [0.2, 0.25) is 14.9 Å². The van der Waals surface area contributed by atoms with Crippen LogP contribution in [0.4, 0.5) is 11.8 Å². The Hall–Kier alpha value is -3.48. The van der Waals surface area contributed by atoms with Crippen molar-refractivity contribution < 1.29 is 0 Å². The van der Waals surface area contributed by atoms with Crippen LogP contribution < -0.4 is 15.9 Å². The molecule has 4 aromatic rings. The summed E-state index contributed by atoms with van der Waals surface area (Å²) in [6.45, 7) is 2.05. The van der Waals surface area contributed by atoms with Crippen molar-refractivity contribution in [3.05, 3.63) is 59.5 Å². The zero-order valence-electron chi connectivity index (χ0n) is 14.8. The molecule has 0 aliphatic heterocycles.